The largest absolute Gasteiger partial charge is 0.339 e. The summed E-state index contributed by atoms with van der Waals surface area (Å²) in [7, 11) is 1.99. The van der Waals surface area contributed by atoms with Crippen LogP contribution in [0.15, 0.2) is 18.2 Å². The summed E-state index contributed by atoms with van der Waals surface area (Å²) in [5.41, 5.74) is 1.63. The molecule has 0 aromatic heterocycles. The third-order valence-corrected chi connectivity index (χ3v) is 4.61. The lowest BCUT2D eigenvalue weighted by Crippen LogP contribution is -2.39. The van der Waals surface area contributed by atoms with Crippen molar-refractivity contribution in [3.63, 3.8) is 0 Å². The van der Waals surface area contributed by atoms with Crippen molar-refractivity contribution in [1.82, 2.24) is 10.2 Å². The molecule has 0 spiro atoms. The summed E-state index contributed by atoms with van der Waals surface area (Å²) in [6, 6.07) is 5.55. The SMILES string of the molecule is CNCCC1CCN(C(=O)c2cccc(Cl)c2C)CC1. The summed E-state index contributed by atoms with van der Waals surface area (Å²) in [6.45, 7) is 4.69. The van der Waals surface area contributed by atoms with Gasteiger partial charge < -0.3 is 10.2 Å². The lowest BCUT2D eigenvalue weighted by Gasteiger charge is -2.32. The van der Waals surface area contributed by atoms with Gasteiger partial charge in [-0.15, -0.1) is 0 Å². The second kappa shape index (κ2) is 7.09. The fourth-order valence-electron chi connectivity index (χ4n) is 2.78. The average Bonchev–Trinajstić information content (AvgIpc) is 2.48. The summed E-state index contributed by atoms with van der Waals surface area (Å²) < 4.78 is 0. The Balaban J connectivity index is 1.96. The lowest BCUT2D eigenvalue weighted by atomic mass is 9.93. The van der Waals surface area contributed by atoms with E-state index in [1.807, 2.05) is 37.1 Å². The fourth-order valence-corrected chi connectivity index (χ4v) is 2.96. The van der Waals surface area contributed by atoms with E-state index in [9.17, 15) is 4.79 Å². The number of carbonyl (C=O) groups is 1. The van der Waals surface area contributed by atoms with E-state index < -0.39 is 0 Å². The van der Waals surface area contributed by atoms with Crippen LogP contribution in [0.3, 0.4) is 0 Å². The molecule has 1 saturated heterocycles. The minimum Gasteiger partial charge on any atom is -0.339 e. The number of piperidine rings is 1. The summed E-state index contributed by atoms with van der Waals surface area (Å²) >= 11 is 6.10. The molecule has 0 bridgehead atoms. The molecule has 1 aliphatic heterocycles. The molecule has 1 N–H and O–H groups in total. The lowest BCUT2D eigenvalue weighted by molar-refractivity contribution is 0.0686. The van der Waals surface area contributed by atoms with Crippen LogP contribution in [0.4, 0.5) is 0 Å². The van der Waals surface area contributed by atoms with Crippen molar-refractivity contribution in [2.75, 3.05) is 26.7 Å². The predicted octanol–water partition coefficient (Wildman–Crippen LogP) is 3.11. The predicted molar refractivity (Wildman–Crippen MR) is 83.4 cm³/mol. The molecule has 0 atom stereocenters. The van der Waals surface area contributed by atoms with Crippen LogP contribution in [0, 0.1) is 12.8 Å². The number of hydrogen-bond donors (Lipinski definition) is 1. The van der Waals surface area contributed by atoms with Gasteiger partial charge in [-0.3, -0.25) is 4.79 Å². The van der Waals surface area contributed by atoms with Crippen LogP contribution in [0.2, 0.25) is 5.02 Å². The van der Waals surface area contributed by atoms with Gasteiger partial charge in [-0.25, -0.2) is 0 Å². The van der Waals surface area contributed by atoms with Crippen LogP contribution < -0.4 is 5.32 Å². The number of hydrogen-bond acceptors (Lipinski definition) is 2. The van der Waals surface area contributed by atoms with E-state index in [1.165, 1.54) is 6.42 Å². The quantitative estimate of drug-likeness (QED) is 0.925. The van der Waals surface area contributed by atoms with Gasteiger partial charge in [-0.2, -0.15) is 0 Å². The number of nitrogens with zero attached hydrogens (tertiary/aromatic N) is 1. The summed E-state index contributed by atoms with van der Waals surface area (Å²) in [4.78, 5) is 14.5. The molecular formula is C16H23ClN2O. The molecule has 0 aliphatic carbocycles. The van der Waals surface area contributed by atoms with E-state index in [4.69, 9.17) is 11.6 Å². The van der Waals surface area contributed by atoms with E-state index >= 15 is 0 Å². The monoisotopic (exact) mass is 294 g/mol. The van der Waals surface area contributed by atoms with Gasteiger partial charge in [-0.1, -0.05) is 17.7 Å². The Labute approximate surface area is 126 Å². The Morgan fingerprint density at radius 2 is 2.10 bits per heavy atom. The summed E-state index contributed by atoms with van der Waals surface area (Å²) in [6.07, 6.45) is 3.41. The number of benzene rings is 1. The highest BCUT2D eigenvalue weighted by molar-refractivity contribution is 6.31. The standard InChI is InChI=1S/C16H23ClN2O/c1-12-14(4-3-5-15(12)17)16(20)19-10-7-13(8-11-19)6-9-18-2/h3-5,13,18H,6-11H2,1-2H3. The zero-order valence-electron chi connectivity index (χ0n) is 12.3. The second-order valence-corrected chi connectivity index (χ2v) is 5.95. The van der Waals surface area contributed by atoms with Crippen LogP contribution >= 0.6 is 11.6 Å². The Morgan fingerprint density at radius 1 is 1.40 bits per heavy atom. The maximum atomic E-state index is 12.5. The first kappa shape index (κ1) is 15.3. The molecule has 1 aliphatic rings. The minimum atomic E-state index is 0.122. The molecule has 110 valence electrons. The van der Waals surface area contributed by atoms with Crippen molar-refractivity contribution in [2.24, 2.45) is 5.92 Å². The first-order valence-corrected chi connectivity index (χ1v) is 7.70. The molecule has 4 heteroatoms. The van der Waals surface area contributed by atoms with Gasteiger partial charge in [0.05, 0.1) is 0 Å². The van der Waals surface area contributed by atoms with Crippen LogP contribution in [0.5, 0.6) is 0 Å². The van der Waals surface area contributed by atoms with Gasteiger partial charge in [0.15, 0.2) is 0 Å². The van der Waals surface area contributed by atoms with Crippen molar-refractivity contribution < 1.29 is 4.79 Å². The highest BCUT2D eigenvalue weighted by Gasteiger charge is 2.24. The van der Waals surface area contributed by atoms with Crippen LogP contribution in [-0.2, 0) is 0 Å². The van der Waals surface area contributed by atoms with Crippen molar-refractivity contribution >= 4 is 17.5 Å². The van der Waals surface area contributed by atoms with E-state index in [-0.39, 0.29) is 5.91 Å². The highest BCUT2D eigenvalue weighted by atomic mass is 35.5. The number of carbonyl (C=O) groups excluding carboxylic acids is 1. The summed E-state index contributed by atoms with van der Waals surface area (Å²) in [5.74, 6) is 0.865. The van der Waals surface area contributed by atoms with E-state index in [2.05, 4.69) is 5.32 Å². The number of halogens is 1. The summed E-state index contributed by atoms with van der Waals surface area (Å²) in [5, 5.41) is 3.86. The second-order valence-electron chi connectivity index (χ2n) is 5.54. The number of nitrogens with one attached hydrogen (secondary N) is 1. The van der Waals surface area contributed by atoms with Gasteiger partial charge in [0.2, 0.25) is 0 Å². The van der Waals surface area contributed by atoms with Crippen molar-refractivity contribution in [3.8, 4) is 0 Å². The highest BCUT2D eigenvalue weighted by Crippen LogP contribution is 2.24. The van der Waals surface area contributed by atoms with Gasteiger partial charge in [0.25, 0.3) is 5.91 Å². The van der Waals surface area contributed by atoms with E-state index in [1.54, 1.807) is 0 Å². The first-order valence-electron chi connectivity index (χ1n) is 7.32. The maximum Gasteiger partial charge on any atom is 0.254 e. The number of rotatable bonds is 4. The molecule has 2 rings (SSSR count). The topological polar surface area (TPSA) is 32.3 Å². The normalized spacial score (nSPS) is 16.4. The molecule has 0 saturated carbocycles. The van der Waals surface area contributed by atoms with E-state index in [0.717, 1.165) is 49.5 Å². The third-order valence-electron chi connectivity index (χ3n) is 4.20. The van der Waals surface area contributed by atoms with Crippen molar-refractivity contribution in [3.05, 3.63) is 34.3 Å². The van der Waals surface area contributed by atoms with Crippen LogP contribution in [-0.4, -0.2) is 37.5 Å². The Hall–Kier alpha value is -1.06. The van der Waals surface area contributed by atoms with Crippen molar-refractivity contribution in [1.29, 1.82) is 0 Å². The molecule has 1 aromatic carbocycles. The first-order chi connectivity index (χ1) is 9.63. The Kier molecular flexibility index (Phi) is 5.44. The minimum absolute atomic E-state index is 0.122. The van der Waals surface area contributed by atoms with Crippen LogP contribution in [0.25, 0.3) is 0 Å². The zero-order valence-corrected chi connectivity index (χ0v) is 13.0. The van der Waals surface area contributed by atoms with Gasteiger partial charge >= 0.3 is 0 Å². The molecule has 1 amide bonds. The molecule has 1 heterocycles. The van der Waals surface area contributed by atoms with Crippen LogP contribution in [0.1, 0.15) is 35.2 Å². The molecule has 20 heavy (non-hydrogen) atoms. The molecule has 3 nitrogen and oxygen atoms in total. The molecule has 1 aromatic rings. The smallest absolute Gasteiger partial charge is 0.254 e. The van der Waals surface area contributed by atoms with E-state index in [0.29, 0.717) is 5.02 Å². The maximum absolute atomic E-state index is 12.5. The van der Waals surface area contributed by atoms with Crippen molar-refractivity contribution in [2.45, 2.75) is 26.2 Å². The van der Waals surface area contributed by atoms with Gasteiger partial charge in [0.1, 0.15) is 0 Å². The average molecular weight is 295 g/mol. The zero-order chi connectivity index (χ0) is 14.5. The fraction of sp³-hybridized carbons (Fsp3) is 0.562. The van der Waals surface area contributed by atoms with Gasteiger partial charge in [0, 0.05) is 23.7 Å². The number of likely N-dealkylation sites (tertiary alicyclic amines) is 1. The Bertz CT molecular complexity index is 468. The Morgan fingerprint density at radius 3 is 2.75 bits per heavy atom. The molecule has 1 fully saturated rings. The number of amides is 1. The van der Waals surface area contributed by atoms with Gasteiger partial charge in [-0.05, 0) is 63.4 Å². The third kappa shape index (κ3) is 3.53. The molecule has 0 radical (unpaired) electrons. The molecular weight excluding hydrogens is 272 g/mol. The molecule has 0 unspecified atom stereocenters.